The predicted molar refractivity (Wildman–Crippen MR) is 36.9 cm³/mol. The zero-order valence-electron chi connectivity index (χ0n) is 5.71. The minimum absolute atomic E-state index is 0.153. The third-order valence-electron chi connectivity index (χ3n) is 1.53. The molecule has 10 heavy (non-hydrogen) atoms. The molecular formula is C8H8FN. The Morgan fingerprint density at radius 1 is 1.70 bits per heavy atom. The van der Waals surface area contributed by atoms with Crippen molar-refractivity contribution in [3.63, 3.8) is 0 Å². The number of hydrogen-bond acceptors (Lipinski definition) is 1. The zero-order chi connectivity index (χ0) is 7.56. The monoisotopic (exact) mass is 137 g/mol. The van der Waals surface area contributed by atoms with Crippen LogP contribution in [-0.4, -0.2) is 6.17 Å². The Bertz CT molecular complexity index is 222. The first-order valence-corrected chi connectivity index (χ1v) is 3.18. The van der Waals surface area contributed by atoms with Crippen LogP contribution in [0.15, 0.2) is 23.8 Å². The van der Waals surface area contributed by atoms with Gasteiger partial charge in [0.25, 0.3) is 0 Å². The van der Waals surface area contributed by atoms with Crippen LogP contribution in [0.4, 0.5) is 4.39 Å². The van der Waals surface area contributed by atoms with Crippen molar-refractivity contribution in [2.24, 2.45) is 5.92 Å². The Morgan fingerprint density at radius 3 is 2.90 bits per heavy atom. The van der Waals surface area contributed by atoms with Crippen LogP contribution in [0.5, 0.6) is 0 Å². The largest absolute Gasteiger partial charge is 0.242 e. The Kier molecular flexibility index (Phi) is 1.86. The molecule has 52 valence electrons. The summed E-state index contributed by atoms with van der Waals surface area (Å²) >= 11 is 0. The average Bonchev–Trinajstić information content (AvgIpc) is 1.95. The molecule has 0 N–H and O–H groups in total. The summed E-state index contributed by atoms with van der Waals surface area (Å²) in [6.07, 6.45) is 3.66. The summed E-state index contributed by atoms with van der Waals surface area (Å²) in [6.45, 7) is 1.76. The number of nitriles is 1. The molecule has 0 aromatic rings. The second-order valence-electron chi connectivity index (χ2n) is 2.40. The summed E-state index contributed by atoms with van der Waals surface area (Å²) < 4.78 is 12.6. The van der Waals surface area contributed by atoms with Crippen molar-refractivity contribution in [1.29, 1.82) is 5.26 Å². The first-order valence-electron chi connectivity index (χ1n) is 3.18. The van der Waals surface area contributed by atoms with Crippen LogP contribution < -0.4 is 0 Å². The second kappa shape index (κ2) is 2.66. The van der Waals surface area contributed by atoms with Crippen molar-refractivity contribution in [2.45, 2.75) is 13.1 Å². The topological polar surface area (TPSA) is 23.8 Å². The molecule has 0 fully saturated rings. The highest BCUT2D eigenvalue weighted by Gasteiger charge is 2.14. The van der Waals surface area contributed by atoms with Crippen LogP contribution in [0, 0.1) is 17.2 Å². The molecule has 2 heteroatoms. The minimum Gasteiger partial charge on any atom is -0.242 e. The van der Waals surface area contributed by atoms with E-state index in [0.29, 0.717) is 5.57 Å². The van der Waals surface area contributed by atoms with Crippen LogP contribution >= 0.6 is 0 Å². The zero-order valence-corrected chi connectivity index (χ0v) is 5.71. The highest BCUT2D eigenvalue weighted by molar-refractivity contribution is 5.36. The van der Waals surface area contributed by atoms with E-state index in [1.165, 1.54) is 12.2 Å². The van der Waals surface area contributed by atoms with Gasteiger partial charge in [-0.3, -0.25) is 0 Å². The van der Waals surface area contributed by atoms with Gasteiger partial charge in [0.05, 0.1) is 6.07 Å². The number of allylic oxidation sites excluding steroid dienone is 4. The van der Waals surface area contributed by atoms with E-state index in [2.05, 4.69) is 0 Å². The van der Waals surface area contributed by atoms with Crippen LogP contribution in [0.3, 0.4) is 0 Å². The summed E-state index contributed by atoms with van der Waals surface area (Å²) in [7, 11) is 0. The van der Waals surface area contributed by atoms with Crippen LogP contribution in [0.25, 0.3) is 0 Å². The number of rotatable bonds is 0. The first kappa shape index (κ1) is 7.01. The van der Waals surface area contributed by atoms with Gasteiger partial charge >= 0.3 is 0 Å². The SMILES string of the molecule is CC1C=C(C#N)C=CC1F. The lowest BCUT2D eigenvalue weighted by atomic mass is 9.97. The normalized spacial score (nSPS) is 31.1. The van der Waals surface area contributed by atoms with Gasteiger partial charge in [-0.2, -0.15) is 5.26 Å². The van der Waals surface area contributed by atoms with Crippen LogP contribution in [-0.2, 0) is 0 Å². The molecule has 0 aromatic heterocycles. The van der Waals surface area contributed by atoms with Gasteiger partial charge in [0.1, 0.15) is 6.17 Å². The smallest absolute Gasteiger partial charge is 0.125 e. The van der Waals surface area contributed by atoms with Gasteiger partial charge in [-0.05, 0) is 12.2 Å². The molecule has 2 unspecified atom stereocenters. The lowest BCUT2D eigenvalue weighted by Gasteiger charge is -2.12. The van der Waals surface area contributed by atoms with Gasteiger partial charge in [0.15, 0.2) is 0 Å². The molecule has 0 spiro atoms. The van der Waals surface area contributed by atoms with Gasteiger partial charge in [-0.1, -0.05) is 13.0 Å². The Balaban J connectivity index is 2.78. The fourth-order valence-corrected chi connectivity index (χ4v) is 0.876. The molecule has 0 saturated heterocycles. The molecule has 0 saturated carbocycles. The maximum Gasteiger partial charge on any atom is 0.125 e. The summed E-state index contributed by atoms with van der Waals surface area (Å²) in [6, 6.07) is 1.96. The Hall–Kier alpha value is -1.10. The van der Waals surface area contributed by atoms with E-state index >= 15 is 0 Å². The molecule has 2 atom stereocenters. The maximum absolute atomic E-state index is 12.6. The molecule has 0 radical (unpaired) electrons. The molecule has 1 aliphatic rings. The van der Waals surface area contributed by atoms with Gasteiger partial charge in [0.2, 0.25) is 0 Å². The highest BCUT2D eigenvalue weighted by atomic mass is 19.1. The molecule has 1 aliphatic carbocycles. The summed E-state index contributed by atoms with van der Waals surface area (Å²) in [5, 5.41) is 8.40. The van der Waals surface area contributed by atoms with Gasteiger partial charge in [-0.15, -0.1) is 0 Å². The van der Waals surface area contributed by atoms with Crippen molar-refractivity contribution in [2.75, 3.05) is 0 Å². The van der Waals surface area contributed by atoms with E-state index in [9.17, 15) is 4.39 Å². The second-order valence-corrected chi connectivity index (χ2v) is 2.40. The fraction of sp³-hybridized carbons (Fsp3) is 0.375. The van der Waals surface area contributed by atoms with E-state index in [-0.39, 0.29) is 5.92 Å². The van der Waals surface area contributed by atoms with Crippen molar-refractivity contribution in [3.05, 3.63) is 23.8 Å². The number of alkyl halides is 1. The van der Waals surface area contributed by atoms with Gasteiger partial charge < -0.3 is 0 Å². The standard InChI is InChI=1S/C8H8FN/c1-6-4-7(5-10)2-3-8(6)9/h2-4,6,8H,1H3. The number of nitrogens with zero attached hydrogens (tertiary/aromatic N) is 1. The maximum atomic E-state index is 12.6. The highest BCUT2D eigenvalue weighted by Crippen LogP contribution is 2.18. The molecule has 0 aromatic carbocycles. The molecule has 0 amide bonds. The van der Waals surface area contributed by atoms with E-state index in [0.717, 1.165) is 0 Å². The molecule has 1 nitrogen and oxygen atoms in total. The van der Waals surface area contributed by atoms with E-state index in [1.54, 1.807) is 13.0 Å². The van der Waals surface area contributed by atoms with Crippen LogP contribution in [0.1, 0.15) is 6.92 Å². The van der Waals surface area contributed by atoms with E-state index in [4.69, 9.17) is 5.26 Å². The van der Waals surface area contributed by atoms with Crippen molar-refractivity contribution in [1.82, 2.24) is 0 Å². The molecule has 1 rings (SSSR count). The van der Waals surface area contributed by atoms with E-state index < -0.39 is 6.17 Å². The van der Waals surface area contributed by atoms with Gasteiger partial charge in [0, 0.05) is 11.5 Å². The first-order chi connectivity index (χ1) is 4.74. The average molecular weight is 137 g/mol. The minimum atomic E-state index is -0.919. The fourth-order valence-electron chi connectivity index (χ4n) is 0.876. The van der Waals surface area contributed by atoms with Crippen molar-refractivity contribution >= 4 is 0 Å². The lowest BCUT2D eigenvalue weighted by molar-refractivity contribution is 0.333. The van der Waals surface area contributed by atoms with E-state index in [1.807, 2.05) is 6.07 Å². The van der Waals surface area contributed by atoms with Gasteiger partial charge in [-0.25, -0.2) is 4.39 Å². The summed E-state index contributed by atoms with van der Waals surface area (Å²) in [5.74, 6) is -0.153. The molecular weight excluding hydrogens is 129 g/mol. The number of halogens is 1. The predicted octanol–water partition coefficient (Wildman–Crippen LogP) is 1.98. The third-order valence-corrected chi connectivity index (χ3v) is 1.53. The summed E-state index contributed by atoms with van der Waals surface area (Å²) in [4.78, 5) is 0. The molecule has 0 aliphatic heterocycles. The van der Waals surface area contributed by atoms with Crippen molar-refractivity contribution < 1.29 is 4.39 Å². The Morgan fingerprint density at radius 2 is 2.40 bits per heavy atom. The quantitative estimate of drug-likeness (QED) is 0.500. The lowest BCUT2D eigenvalue weighted by Crippen LogP contribution is -2.10. The molecule has 0 bridgehead atoms. The Labute approximate surface area is 59.5 Å². The molecule has 0 heterocycles. The third kappa shape index (κ3) is 1.24. The van der Waals surface area contributed by atoms with Crippen LogP contribution in [0.2, 0.25) is 0 Å². The summed E-state index contributed by atoms with van der Waals surface area (Å²) in [5.41, 5.74) is 0.557. The number of hydrogen-bond donors (Lipinski definition) is 0. The van der Waals surface area contributed by atoms with Crippen molar-refractivity contribution in [3.8, 4) is 6.07 Å².